The van der Waals surface area contributed by atoms with Crippen molar-refractivity contribution in [1.29, 1.82) is 0 Å². The van der Waals surface area contributed by atoms with Gasteiger partial charge in [0, 0.05) is 46.6 Å². The summed E-state index contributed by atoms with van der Waals surface area (Å²) in [4.78, 5) is 13.5. The number of benzene rings is 3. The zero-order valence-electron chi connectivity index (χ0n) is 21.7. The normalized spacial score (nSPS) is 16.4. The molecular weight excluding hydrogens is 550 g/mol. The van der Waals surface area contributed by atoms with Gasteiger partial charge in [0.05, 0.1) is 11.6 Å². The Morgan fingerprint density at radius 1 is 0.902 bits per heavy atom. The predicted octanol–water partition coefficient (Wildman–Crippen LogP) is 5.05. The van der Waals surface area contributed by atoms with E-state index in [4.69, 9.17) is 4.74 Å². The van der Waals surface area contributed by atoms with Crippen LogP contribution in [0.3, 0.4) is 0 Å². The molecule has 0 aromatic heterocycles. The van der Waals surface area contributed by atoms with Crippen LogP contribution in [0.5, 0.6) is 11.5 Å². The molecule has 0 saturated heterocycles. The minimum absolute atomic E-state index is 0.0223. The van der Waals surface area contributed by atoms with Crippen molar-refractivity contribution in [3.05, 3.63) is 86.9 Å². The van der Waals surface area contributed by atoms with Gasteiger partial charge in [0.25, 0.3) is 0 Å². The summed E-state index contributed by atoms with van der Waals surface area (Å²) < 4.78 is 87.7. The van der Waals surface area contributed by atoms with Gasteiger partial charge >= 0.3 is 18.3 Å². The summed E-state index contributed by atoms with van der Waals surface area (Å²) in [5.74, 6) is -0.719. The molecule has 0 aliphatic carbocycles. The van der Waals surface area contributed by atoms with Gasteiger partial charge in [0.2, 0.25) is 11.9 Å². The van der Waals surface area contributed by atoms with Gasteiger partial charge in [-0.15, -0.1) is 0 Å². The Balaban J connectivity index is 1.64. The fourth-order valence-corrected chi connectivity index (χ4v) is 6.14. The zero-order valence-corrected chi connectivity index (χ0v) is 21.7. The standard InChI is InChI=1S/C30H24F6N2O3/c31-29(32,33)15-37-9-3-5-17-11-21-25(13-23(17)37)41-26-14-24-18(6-4-10-38(24)16-30(34,35)36)12-22(26)27(21)19-7-1-2-8-20(19)28(39)40/h1-2,7-8,11-14H,3-6,9-10,15-16H2/p+1. The average molecular weight is 576 g/mol. The highest BCUT2D eigenvalue weighted by Crippen LogP contribution is 2.43. The first-order chi connectivity index (χ1) is 19.4. The predicted molar refractivity (Wildman–Crippen MR) is 139 cm³/mol. The van der Waals surface area contributed by atoms with E-state index in [1.807, 2.05) is 0 Å². The lowest BCUT2D eigenvalue weighted by molar-refractivity contribution is -0.128. The van der Waals surface area contributed by atoms with E-state index in [1.54, 1.807) is 30.3 Å². The van der Waals surface area contributed by atoms with Crippen molar-refractivity contribution < 1.29 is 41.0 Å². The van der Waals surface area contributed by atoms with Crippen LogP contribution in [-0.2, 0) is 12.8 Å². The molecule has 3 heterocycles. The number of anilines is 1. The van der Waals surface area contributed by atoms with E-state index in [0.29, 0.717) is 69.8 Å². The van der Waals surface area contributed by atoms with Gasteiger partial charge in [-0.2, -0.15) is 26.3 Å². The summed E-state index contributed by atoms with van der Waals surface area (Å²) in [7, 11) is 0. The van der Waals surface area contributed by atoms with Crippen molar-refractivity contribution in [2.45, 2.75) is 38.0 Å². The third kappa shape index (κ3) is 5.25. The average Bonchev–Trinajstić information content (AvgIpc) is 2.88. The number of rotatable bonds is 4. The lowest BCUT2D eigenvalue weighted by Gasteiger charge is -2.34. The van der Waals surface area contributed by atoms with Crippen LogP contribution < -0.4 is 24.8 Å². The van der Waals surface area contributed by atoms with Crippen LogP contribution in [0.2, 0.25) is 0 Å². The van der Waals surface area contributed by atoms with Crippen molar-refractivity contribution in [3.63, 3.8) is 0 Å². The van der Waals surface area contributed by atoms with Crippen molar-refractivity contribution in [3.8, 4) is 11.5 Å². The molecule has 214 valence electrons. The van der Waals surface area contributed by atoms with Gasteiger partial charge in [-0.05, 0) is 48.6 Å². The Morgan fingerprint density at radius 3 is 2.39 bits per heavy atom. The first-order valence-electron chi connectivity index (χ1n) is 13.2. The van der Waals surface area contributed by atoms with Crippen molar-refractivity contribution in [1.82, 2.24) is 4.58 Å². The van der Waals surface area contributed by atoms with Crippen LogP contribution >= 0.6 is 0 Å². The van der Waals surface area contributed by atoms with Crippen molar-refractivity contribution in [2.24, 2.45) is 0 Å². The van der Waals surface area contributed by atoms with Crippen LogP contribution in [0.4, 0.5) is 32.0 Å². The lowest BCUT2D eigenvalue weighted by Crippen LogP contribution is -2.43. The summed E-state index contributed by atoms with van der Waals surface area (Å²) in [6, 6.07) is 13.0. The molecule has 0 amide bonds. The van der Waals surface area contributed by atoms with E-state index in [9.17, 15) is 36.2 Å². The molecule has 3 aromatic carbocycles. The molecule has 3 aliphatic rings. The Labute approximate surface area is 230 Å². The number of carbonyl (C=O) groups is 1. The number of hydrogen-bond acceptors (Lipinski definition) is 3. The highest BCUT2D eigenvalue weighted by atomic mass is 19.4. The Bertz CT molecular complexity index is 1690. The smallest absolute Gasteiger partial charge is 0.448 e. The summed E-state index contributed by atoms with van der Waals surface area (Å²) in [6.07, 6.45) is -6.73. The van der Waals surface area contributed by atoms with Gasteiger partial charge in [-0.1, -0.05) is 18.2 Å². The number of aryl methyl sites for hydroxylation is 2. The molecule has 0 saturated carbocycles. The SMILES string of the molecule is O=C(O)c1ccccc1C1=c2cc3c(cc2Oc2cc4c(cc21)CCCN4CC(F)(F)F)=[N+](CC(F)(F)F)CCC3. The molecule has 3 aromatic rings. The minimum Gasteiger partial charge on any atom is -0.478 e. The molecule has 0 unspecified atom stereocenters. The lowest BCUT2D eigenvalue weighted by atomic mass is 9.86. The van der Waals surface area contributed by atoms with E-state index >= 15 is 0 Å². The van der Waals surface area contributed by atoms with Crippen LogP contribution in [0.1, 0.15) is 45.5 Å². The Kier molecular flexibility index (Phi) is 6.50. The van der Waals surface area contributed by atoms with Gasteiger partial charge in [-0.25, -0.2) is 9.37 Å². The third-order valence-electron chi connectivity index (χ3n) is 7.72. The number of aromatic carboxylic acids is 1. The molecule has 0 spiro atoms. The van der Waals surface area contributed by atoms with E-state index in [0.717, 1.165) is 0 Å². The maximum absolute atomic E-state index is 13.4. The third-order valence-corrected chi connectivity index (χ3v) is 7.72. The minimum atomic E-state index is -4.42. The van der Waals surface area contributed by atoms with E-state index < -0.39 is 31.4 Å². The molecule has 1 N–H and O–H groups in total. The molecule has 0 fully saturated rings. The maximum Gasteiger partial charge on any atom is 0.448 e. The number of alkyl halides is 6. The summed E-state index contributed by atoms with van der Waals surface area (Å²) in [5, 5.41) is 10.9. The number of ether oxygens (including phenoxy) is 1. The van der Waals surface area contributed by atoms with Crippen LogP contribution in [-0.4, -0.2) is 49.6 Å². The molecular formula is C30H25F6N2O3+. The monoisotopic (exact) mass is 575 g/mol. The quantitative estimate of drug-likeness (QED) is 0.274. The summed E-state index contributed by atoms with van der Waals surface area (Å²) in [5.41, 5.74) is 3.20. The molecule has 41 heavy (non-hydrogen) atoms. The maximum atomic E-state index is 13.4. The molecule has 6 rings (SSSR count). The van der Waals surface area contributed by atoms with E-state index in [1.165, 1.54) is 27.7 Å². The second-order valence-electron chi connectivity index (χ2n) is 10.6. The number of hydrogen-bond donors (Lipinski definition) is 1. The topological polar surface area (TPSA) is 52.8 Å². The van der Waals surface area contributed by atoms with Gasteiger partial charge in [-0.3, -0.25) is 0 Å². The first kappa shape index (κ1) is 27.2. The number of nitrogens with zero attached hydrogens (tertiary/aromatic N) is 2. The van der Waals surface area contributed by atoms with E-state index in [2.05, 4.69) is 0 Å². The van der Waals surface area contributed by atoms with E-state index in [-0.39, 0.29) is 30.2 Å². The van der Waals surface area contributed by atoms with Gasteiger partial charge in [0.1, 0.15) is 24.6 Å². The second kappa shape index (κ2) is 9.81. The molecule has 0 bridgehead atoms. The summed E-state index contributed by atoms with van der Waals surface area (Å²) >= 11 is 0. The van der Waals surface area contributed by atoms with Crippen LogP contribution in [0, 0.1) is 0 Å². The number of halogens is 6. The molecule has 11 heteroatoms. The van der Waals surface area contributed by atoms with Crippen molar-refractivity contribution >= 4 is 17.2 Å². The fraction of sp³-hybridized carbons (Fsp3) is 0.333. The second-order valence-corrected chi connectivity index (χ2v) is 10.6. The zero-order chi connectivity index (χ0) is 29.1. The molecule has 0 radical (unpaired) electrons. The largest absolute Gasteiger partial charge is 0.478 e. The van der Waals surface area contributed by atoms with Crippen LogP contribution in [0.15, 0.2) is 48.5 Å². The number of fused-ring (bicyclic) bond motifs is 4. The molecule has 0 atom stereocenters. The van der Waals surface area contributed by atoms with Gasteiger partial charge < -0.3 is 14.7 Å². The number of carboxylic acid groups (broad SMARTS) is 1. The molecule has 5 nitrogen and oxygen atoms in total. The highest BCUT2D eigenvalue weighted by molar-refractivity contribution is 5.98. The van der Waals surface area contributed by atoms with Crippen LogP contribution in [0.25, 0.3) is 5.57 Å². The molecule has 3 aliphatic heterocycles. The Morgan fingerprint density at radius 2 is 1.66 bits per heavy atom. The fourth-order valence-electron chi connectivity index (χ4n) is 6.14. The number of carboxylic acids is 1. The Hall–Kier alpha value is -4.02. The first-order valence-corrected chi connectivity index (χ1v) is 13.2. The van der Waals surface area contributed by atoms with Crippen molar-refractivity contribution in [2.75, 3.05) is 31.1 Å². The highest BCUT2D eigenvalue weighted by Gasteiger charge is 2.37. The summed E-state index contributed by atoms with van der Waals surface area (Å²) in [6.45, 7) is -1.85. The van der Waals surface area contributed by atoms with Gasteiger partial charge in [0.15, 0.2) is 0 Å².